The van der Waals surface area contributed by atoms with Crippen LogP contribution in [0, 0.1) is 21.4 Å². The third-order valence-electron chi connectivity index (χ3n) is 13.2. The van der Waals surface area contributed by atoms with Crippen molar-refractivity contribution in [2.45, 2.75) is 86.8 Å². The first-order chi connectivity index (χ1) is 28.0. The molecule has 3 N–H and O–H groups in total. The van der Waals surface area contributed by atoms with E-state index in [0.29, 0.717) is 29.3 Å². The number of alkyl halides is 1. The highest BCUT2D eigenvalue weighted by atomic mass is 35.5. The Kier molecular flexibility index (Phi) is 10.4. The number of rotatable bonds is 13. The number of allylic oxidation sites excluding steroid dienone is 1. The van der Waals surface area contributed by atoms with Gasteiger partial charge in [0.05, 0.1) is 21.6 Å². The molecule has 3 heterocycles. The Labute approximate surface area is 343 Å². The van der Waals surface area contributed by atoms with Gasteiger partial charge in [0.2, 0.25) is 0 Å². The summed E-state index contributed by atoms with van der Waals surface area (Å²) in [5, 5.41) is 16.0. The van der Waals surface area contributed by atoms with Crippen LogP contribution in [-0.2, 0) is 10.0 Å². The third kappa shape index (κ3) is 7.78. The fourth-order valence-corrected chi connectivity index (χ4v) is 11.9. The van der Waals surface area contributed by atoms with Gasteiger partial charge < -0.3 is 19.9 Å². The maximum atomic E-state index is 13.9. The fourth-order valence-electron chi connectivity index (χ4n) is 10.1. The zero-order chi connectivity index (χ0) is 40.1. The predicted molar refractivity (Wildman–Crippen MR) is 224 cm³/mol. The zero-order valence-electron chi connectivity index (χ0n) is 32.6. The highest BCUT2D eigenvalue weighted by molar-refractivity contribution is 7.90. The van der Waals surface area contributed by atoms with Crippen LogP contribution in [0.25, 0.3) is 11.0 Å². The van der Waals surface area contributed by atoms with Crippen LogP contribution in [0.1, 0.15) is 87.4 Å². The number of pyridine rings is 1. The van der Waals surface area contributed by atoms with Gasteiger partial charge in [0, 0.05) is 73.5 Å². The number of aromatic amines is 1. The molecular formula is C43H50ClN7O6S. The van der Waals surface area contributed by atoms with Gasteiger partial charge in [0.25, 0.3) is 21.6 Å². The van der Waals surface area contributed by atoms with Crippen molar-refractivity contribution in [3.05, 3.63) is 87.7 Å². The number of nitrogens with one attached hydrogen (secondary N) is 3. The minimum atomic E-state index is -4.52. The Morgan fingerprint density at radius 2 is 1.76 bits per heavy atom. The van der Waals surface area contributed by atoms with E-state index in [1.807, 2.05) is 12.1 Å². The van der Waals surface area contributed by atoms with E-state index in [-0.39, 0.29) is 27.6 Å². The maximum Gasteiger partial charge on any atom is 0.293 e. The number of halogens is 1. The van der Waals surface area contributed by atoms with Crippen LogP contribution >= 0.6 is 11.6 Å². The first-order valence-corrected chi connectivity index (χ1v) is 22.5. The zero-order valence-corrected chi connectivity index (χ0v) is 34.2. The summed E-state index contributed by atoms with van der Waals surface area (Å²) in [6, 6.07) is 12.5. The molecular weight excluding hydrogens is 778 g/mol. The molecule has 306 valence electrons. The largest absolute Gasteiger partial charge is 0.455 e. The summed E-state index contributed by atoms with van der Waals surface area (Å²) < 4.78 is 35.7. The van der Waals surface area contributed by atoms with Crippen LogP contribution in [0.4, 0.5) is 17.1 Å². The number of aromatic nitrogens is 2. The van der Waals surface area contributed by atoms with E-state index in [1.54, 1.807) is 41.7 Å². The van der Waals surface area contributed by atoms with Crippen molar-refractivity contribution < 1.29 is 22.9 Å². The van der Waals surface area contributed by atoms with E-state index in [2.05, 4.69) is 29.8 Å². The summed E-state index contributed by atoms with van der Waals surface area (Å²) in [5.41, 5.74) is 5.08. The Morgan fingerprint density at radius 1 is 0.983 bits per heavy atom. The maximum absolute atomic E-state index is 13.9. The van der Waals surface area contributed by atoms with Gasteiger partial charge in [0.1, 0.15) is 22.8 Å². The molecule has 13 nitrogen and oxygen atoms in total. The van der Waals surface area contributed by atoms with Gasteiger partial charge >= 0.3 is 0 Å². The normalized spacial score (nSPS) is 23.9. The second kappa shape index (κ2) is 15.5. The summed E-state index contributed by atoms with van der Waals surface area (Å²) in [4.78, 5) is 37.3. The highest BCUT2D eigenvalue weighted by Crippen LogP contribution is 2.75. The number of carbonyl (C=O) groups is 1. The third-order valence-corrected chi connectivity index (χ3v) is 14.9. The van der Waals surface area contributed by atoms with Crippen LogP contribution in [0.2, 0.25) is 0 Å². The SMILES string of the molecule is O=C(NS(=O)(=O)c1ccc(NCC2CCCCC2)c([N+](=O)[O-])c1)c1ccc(N2CCN(CC3=C(C45CC(Cl)(C4)C5)CCCC3)CC2)cc1Oc1cnc2[nH]ccc2c1. The molecule has 2 aromatic carbocycles. The second-order valence-electron chi connectivity index (χ2n) is 17.1. The summed E-state index contributed by atoms with van der Waals surface area (Å²) >= 11 is 6.67. The number of hydrogen-bond acceptors (Lipinski definition) is 10. The quantitative estimate of drug-likeness (QED) is 0.0516. The van der Waals surface area contributed by atoms with Gasteiger partial charge in [0.15, 0.2) is 0 Å². The molecule has 0 unspecified atom stereocenters. The molecule has 1 saturated heterocycles. The summed E-state index contributed by atoms with van der Waals surface area (Å²) in [7, 11) is -4.52. The lowest BCUT2D eigenvalue weighted by atomic mass is 9.40. The minimum absolute atomic E-state index is 0.00973. The molecule has 2 bridgehead atoms. The summed E-state index contributed by atoms with van der Waals surface area (Å²) in [6.07, 6.45) is 17.2. The number of anilines is 2. The number of nitrogens with zero attached hydrogens (tertiary/aromatic N) is 4. The van der Waals surface area contributed by atoms with Crippen molar-refractivity contribution in [3.8, 4) is 11.5 Å². The van der Waals surface area contributed by atoms with Crippen LogP contribution in [0.3, 0.4) is 0 Å². The van der Waals surface area contributed by atoms with Crippen molar-refractivity contribution in [1.82, 2.24) is 19.6 Å². The standard InChI is InChI=1S/C43H50ClN7O6S/c44-43-26-42(27-43,28-43)36-9-5-4-8-31(36)25-49-16-18-50(19-17-49)32-10-12-35(39(21-32)57-33-20-30-14-15-45-40(30)47-24-33)41(52)48-58(55,56)34-11-13-37(38(22-34)51(53)54)46-23-29-6-2-1-3-7-29/h10-15,20-22,24,29,46H,1-9,16-19,23,25-28H2,(H,45,47)(H,48,52). The molecule has 4 saturated carbocycles. The number of hydrogen-bond donors (Lipinski definition) is 3. The lowest BCUT2D eigenvalue weighted by Crippen LogP contribution is -2.64. The number of sulfonamides is 1. The number of nitro benzene ring substituents is 1. The number of H-pyrrole nitrogens is 1. The topological polar surface area (TPSA) is 163 Å². The smallest absolute Gasteiger partial charge is 0.293 e. The average molecular weight is 828 g/mol. The molecule has 0 radical (unpaired) electrons. The number of amides is 1. The van der Waals surface area contributed by atoms with Crippen LogP contribution in [0.5, 0.6) is 11.5 Å². The fraction of sp³-hybridized carbons (Fsp3) is 0.488. The molecule has 0 spiro atoms. The minimum Gasteiger partial charge on any atom is -0.455 e. The second-order valence-corrected chi connectivity index (χ2v) is 19.6. The van der Waals surface area contributed by atoms with Crippen molar-refractivity contribution >= 4 is 55.6 Å². The lowest BCUT2D eigenvalue weighted by Gasteiger charge is -2.69. The molecule has 4 aromatic rings. The van der Waals surface area contributed by atoms with E-state index in [0.717, 1.165) is 94.8 Å². The Bertz CT molecular complexity index is 2360. The first-order valence-electron chi connectivity index (χ1n) is 20.7. The Hall–Kier alpha value is -4.66. The molecule has 1 amide bonds. The van der Waals surface area contributed by atoms with Crippen molar-refractivity contribution in [1.29, 1.82) is 0 Å². The predicted octanol–water partition coefficient (Wildman–Crippen LogP) is 8.53. The summed E-state index contributed by atoms with van der Waals surface area (Å²) in [5.74, 6) is 0.0108. The Morgan fingerprint density at radius 3 is 2.52 bits per heavy atom. The number of ether oxygens (including phenoxy) is 1. The number of nitro groups is 1. The number of carbonyl (C=O) groups excluding carboxylic acids is 1. The molecule has 5 aliphatic carbocycles. The molecule has 15 heteroatoms. The molecule has 6 aliphatic rings. The lowest BCUT2D eigenvalue weighted by molar-refractivity contribution is -0.384. The number of fused-ring (bicyclic) bond motifs is 1. The monoisotopic (exact) mass is 827 g/mol. The molecule has 58 heavy (non-hydrogen) atoms. The molecule has 10 rings (SSSR count). The number of piperazine rings is 1. The molecule has 5 fully saturated rings. The van der Waals surface area contributed by atoms with Crippen molar-refractivity contribution in [3.63, 3.8) is 0 Å². The van der Waals surface area contributed by atoms with Crippen molar-refractivity contribution in [2.75, 3.05) is 49.5 Å². The van der Waals surface area contributed by atoms with Crippen LogP contribution < -0.4 is 19.7 Å². The van der Waals surface area contributed by atoms with Gasteiger partial charge in [-0.3, -0.25) is 19.8 Å². The summed E-state index contributed by atoms with van der Waals surface area (Å²) in [6.45, 7) is 4.89. The van der Waals surface area contributed by atoms with Crippen molar-refractivity contribution in [2.24, 2.45) is 11.3 Å². The molecule has 1 aliphatic heterocycles. The first kappa shape index (κ1) is 38.8. The Balaban J connectivity index is 0.921. The van der Waals surface area contributed by atoms with Crippen LogP contribution in [0.15, 0.2) is 77.0 Å². The van der Waals surface area contributed by atoms with Gasteiger partial charge in [-0.15, -0.1) is 11.6 Å². The van der Waals surface area contributed by atoms with Gasteiger partial charge in [-0.05, 0) is 106 Å². The van der Waals surface area contributed by atoms with E-state index in [4.69, 9.17) is 16.3 Å². The van der Waals surface area contributed by atoms with Gasteiger partial charge in [-0.25, -0.2) is 18.1 Å². The highest BCUT2D eigenvalue weighted by Gasteiger charge is 2.68. The van der Waals surface area contributed by atoms with Gasteiger partial charge in [-0.2, -0.15) is 0 Å². The average Bonchev–Trinajstić information content (AvgIpc) is 3.67. The van der Waals surface area contributed by atoms with E-state index in [1.165, 1.54) is 44.2 Å². The number of benzene rings is 2. The van der Waals surface area contributed by atoms with Crippen LogP contribution in [-0.4, -0.2) is 78.3 Å². The van der Waals surface area contributed by atoms with Gasteiger partial charge in [-0.1, -0.05) is 30.4 Å². The van der Waals surface area contributed by atoms with E-state index < -0.39 is 25.7 Å². The van der Waals surface area contributed by atoms with E-state index in [9.17, 15) is 23.3 Å². The van der Waals surface area contributed by atoms with E-state index >= 15 is 0 Å². The molecule has 0 atom stereocenters. The molecule has 2 aromatic heterocycles.